The van der Waals surface area contributed by atoms with E-state index < -0.39 is 18.2 Å². The molecule has 0 bridgehead atoms. The number of benzene rings is 1. The van der Waals surface area contributed by atoms with Gasteiger partial charge in [0.1, 0.15) is 11.9 Å². The molecule has 4 heterocycles. The van der Waals surface area contributed by atoms with Crippen LogP contribution in [0.3, 0.4) is 0 Å². The lowest BCUT2D eigenvalue weighted by Crippen LogP contribution is -2.53. The van der Waals surface area contributed by atoms with E-state index in [1.165, 1.54) is 7.11 Å². The fourth-order valence-corrected chi connectivity index (χ4v) is 5.75. The first-order valence-corrected chi connectivity index (χ1v) is 14.8. The maximum absolute atomic E-state index is 13.3. The first-order chi connectivity index (χ1) is 20.7. The van der Waals surface area contributed by atoms with Gasteiger partial charge in [0.05, 0.1) is 25.6 Å². The smallest absolute Gasteiger partial charge is 0.407 e. The quantitative estimate of drug-likeness (QED) is 0.346. The average molecular weight is 587 g/mol. The van der Waals surface area contributed by atoms with Crippen molar-refractivity contribution in [1.82, 2.24) is 25.5 Å². The molecule has 226 valence electrons. The SMILES string of the molecule is COC(=O)N[C@H](C(=O)N1CCC[C@H]1C(=O)Cc1ccc(-c2ccc3cnc(NC(=O)[C@@H]4CCCN4)cc3c2)cn1)C(C)C. The Morgan fingerprint density at radius 1 is 1.00 bits per heavy atom. The molecule has 43 heavy (non-hydrogen) atoms. The highest BCUT2D eigenvalue weighted by Crippen LogP contribution is 2.26. The minimum atomic E-state index is -0.771. The minimum absolute atomic E-state index is 0.0717. The van der Waals surface area contributed by atoms with Crippen molar-refractivity contribution < 1.29 is 23.9 Å². The average Bonchev–Trinajstić information content (AvgIpc) is 3.73. The number of likely N-dealkylation sites (tertiary alicyclic amines) is 1. The second kappa shape index (κ2) is 13.3. The Bertz CT molecular complexity index is 1500. The number of carbonyl (C=O) groups is 4. The van der Waals surface area contributed by atoms with Crippen LogP contribution in [0.2, 0.25) is 0 Å². The summed E-state index contributed by atoms with van der Waals surface area (Å²) in [7, 11) is 1.25. The molecule has 0 saturated carbocycles. The third-order valence-electron chi connectivity index (χ3n) is 8.16. The molecule has 2 aliphatic heterocycles. The van der Waals surface area contributed by atoms with E-state index in [2.05, 4.69) is 30.7 Å². The topological polar surface area (TPSA) is 143 Å². The summed E-state index contributed by atoms with van der Waals surface area (Å²) in [6.07, 6.45) is 6.03. The lowest BCUT2D eigenvalue weighted by atomic mass is 10.00. The Labute approximate surface area is 250 Å². The second-order valence-corrected chi connectivity index (χ2v) is 11.5. The summed E-state index contributed by atoms with van der Waals surface area (Å²) in [5.41, 5.74) is 2.46. The second-order valence-electron chi connectivity index (χ2n) is 11.5. The summed E-state index contributed by atoms with van der Waals surface area (Å²) < 4.78 is 4.68. The van der Waals surface area contributed by atoms with Crippen LogP contribution in [0, 0.1) is 5.92 Å². The molecule has 2 aromatic heterocycles. The summed E-state index contributed by atoms with van der Waals surface area (Å²) >= 11 is 0. The van der Waals surface area contributed by atoms with Gasteiger partial charge in [0, 0.05) is 35.6 Å². The normalized spacial score (nSPS) is 18.9. The molecule has 11 heteroatoms. The molecular formula is C32H38N6O5. The number of nitrogens with one attached hydrogen (secondary N) is 3. The van der Waals surface area contributed by atoms with Crippen LogP contribution in [0.25, 0.3) is 21.9 Å². The zero-order chi connectivity index (χ0) is 30.5. The van der Waals surface area contributed by atoms with Crippen LogP contribution in [-0.2, 0) is 25.5 Å². The minimum Gasteiger partial charge on any atom is -0.453 e. The standard InChI is InChI=1S/C32H38N6O5/c1-19(2)29(37-32(42)43-3)31(41)38-13-5-7-26(38)27(39)16-24-11-10-21(17-34-24)20-8-9-22-18-35-28(15-23(22)14-20)36-30(40)25-6-4-12-33-25/h8-11,14-15,17-19,25-26,29,33H,4-7,12-13,16H2,1-3H3,(H,37,42)(H,35,36,40)/t25-,26-,29-/m0/s1. The van der Waals surface area contributed by atoms with Crippen molar-refractivity contribution in [2.75, 3.05) is 25.5 Å². The van der Waals surface area contributed by atoms with E-state index in [1.54, 1.807) is 17.3 Å². The number of hydrogen-bond donors (Lipinski definition) is 3. The van der Waals surface area contributed by atoms with Gasteiger partial charge in [0.2, 0.25) is 11.8 Å². The highest BCUT2D eigenvalue weighted by atomic mass is 16.5. The van der Waals surface area contributed by atoms with E-state index in [0.717, 1.165) is 47.7 Å². The van der Waals surface area contributed by atoms with Gasteiger partial charge in [-0.2, -0.15) is 0 Å². The molecule has 2 saturated heterocycles. The number of hydrogen-bond acceptors (Lipinski definition) is 8. The number of methoxy groups -OCH3 is 1. The molecule has 3 amide bonds. The number of Topliss-reactive ketones (excluding diaryl/α,β-unsaturated/α-hetero) is 1. The molecule has 3 aromatic rings. The van der Waals surface area contributed by atoms with Crippen LogP contribution in [0.1, 0.15) is 45.2 Å². The number of fused-ring (bicyclic) bond motifs is 1. The number of anilines is 1. The number of ether oxygens (including phenoxy) is 1. The van der Waals surface area contributed by atoms with Crippen molar-refractivity contribution in [2.24, 2.45) is 5.92 Å². The number of pyridine rings is 2. The van der Waals surface area contributed by atoms with Crippen LogP contribution in [0.5, 0.6) is 0 Å². The van der Waals surface area contributed by atoms with Gasteiger partial charge in [-0.3, -0.25) is 19.4 Å². The van der Waals surface area contributed by atoms with Crippen LogP contribution in [0.15, 0.2) is 48.8 Å². The predicted octanol–water partition coefficient (Wildman–Crippen LogP) is 3.47. The van der Waals surface area contributed by atoms with Crippen LogP contribution < -0.4 is 16.0 Å². The van der Waals surface area contributed by atoms with E-state index in [0.29, 0.717) is 24.5 Å². The van der Waals surface area contributed by atoms with E-state index in [-0.39, 0.29) is 36.0 Å². The van der Waals surface area contributed by atoms with Gasteiger partial charge in [0.25, 0.3) is 0 Å². The monoisotopic (exact) mass is 586 g/mol. The summed E-state index contributed by atoms with van der Waals surface area (Å²) in [6, 6.07) is 10.1. The molecule has 0 aliphatic carbocycles. The fraction of sp³-hybridized carbons (Fsp3) is 0.438. The van der Waals surface area contributed by atoms with Gasteiger partial charge in [-0.15, -0.1) is 0 Å². The van der Waals surface area contributed by atoms with Gasteiger partial charge in [-0.1, -0.05) is 32.0 Å². The Morgan fingerprint density at radius 2 is 1.81 bits per heavy atom. The van der Waals surface area contributed by atoms with Gasteiger partial charge < -0.3 is 25.6 Å². The molecule has 2 fully saturated rings. The molecule has 0 spiro atoms. The van der Waals surface area contributed by atoms with Crippen molar-refractivity contribution in [3.8, 4) is 11.1 Å². The summed E-state index contributed by atoms with van der Waals surface area (Å²) in [5.74, 6) is -0.0764. The number of rotatable bonds is 9. The van der Waals surface area contributed by atoms with Crippen LogP contribution in [-0.4, -0.2) is 76.9 Å². The zero-order valence-corrected chi connectivity index (χ0v) is 24.8. The van der Waals surface area contributed by atoms with Crippen molar-refractivity contribution in [3.63, 3.8) is 0 Å². The van der Waals surface area contributed by atoms with Gasteiger partial charge in [0.15, 0.2) is 5.78 Å². The highest BCUT2D eigenvalue weighted by molar-refractivity contribution is 5.97. The lowest BCUT2D eigenvalue weighted by Gasteiger charge is -2.30. The van der Waals surface area contributed by atoms with E-state index in [1.807, 2.05) is 50.2 Å². The number of nitrogens with zero attached hydrogens (tertiary/aromatic N) is 3. The molecule has 0 radical (unpaired) electrons. The Balaban J connectivity index is 1.25. The third-order valence-corrected chi connectivity index (χ3v) is 8.16. The highest BCUT2D eigenvalue weighted by Gasteiger charge is 2.38. The Morgan fingerprint density at radius 3 is 2.51 bits per heavy atom. The summed E-state index contributed by atoms with van der Waals surface area (Å²) in [5, 5.41) is 10.6. The predicted molar refractivity (Wildman–Crippen MR) is 162 cm³/mol. The summed E-state index contributed by atoms with van der Waals surface area (Å²) in [4.78, 5) is 61.4. The van der Waals surface area contributed by atoms with Crippen molar-refractivity contribution in [2.45, 2.75) is 64.1 Å². The number of ketones is 1. The maximum atomic E-state index is 13.3. The molecule has 3 N–H and O–H groups in total. The molecule has 2 aliphatic rings. The van der Waals surface area contributed by atoms with Crippen molar-refractivity contribution in [3.05, 3.63) is 54.5 Å². The first-order valence-electron chi connectivity index (χ1n) is 14.8. The Kier molecular flexibility index (Phi) is 9.30. The van der Waals surface area contributed by atoms with Gasteiger partial charge >= 0.3 is 6.09 Å². The largest absolute Gasteiger partial charge is 0.453 e. The first kappa shape index (κ1) is 30.1. The molecule has 5 rings (SSSR count). The van der Waals surface area contributed by atoms with Crippen molar-refractivity contribution in [1.29, 1.82) is 0 Å². The summed E-state index contributed by atoms with van der Waals surface area (Å²) in [6.45, 7) is 5.00. The van der Waals surface area contributed by atoms with E-state index in [9.17, 15) is 19.2 Å². The third kappa shape index (κ3) is 6.99. The maximum Gasteiger partial charge on any atom is 0.407 e. The molecular weight excluding hydrogens is 548 g/mol. The molecule has 11 nitrogen and oxygen atoms in total. The van der Waals surface area contributed by atoms with E-state index >= 15 is 0 Å². The van der Waals surface area contributed by atoms with Crippen LogP contribution >= 0.6 is 0 Å². The number of amides is 3. The molecule has 3 atom stereocenters. The number of aromatic nitrogens is 2. The number of carbonyl (C=O) groups excluding carboxylic acids is 4. The zero-order valence-electron chi connectivity index (χ0n) is 24.8. The van der Waals surface area contributed by atoms with E-state index in [4.69, 9.17) is 0 Å². The molecule has 1 aromatic carbocycles. The van der Waals surface area contributed by atoms with Crippen molar-refractivity contribution >= 4 is 40.3 Å². The van der Waals surface area contributed by atoms with Gasteiger partial charge in [-0.25, -0.2) is 9.78 Å². The van der Waals surface area contributed by atoms with Gasteiger partial charge in [-0.05, 0) is 67.3 Å². The molecule has 0 unspecified atom stereocenters. The lowest BCUT2D eigenvalue weighted by molar-refractivity contribution is -0.139. The van der Waals surface area contributed by atoms with Crippen LogP contribution in [0.4, 0.5) is 10.6 Å². The number of alkyl carbamates (subject to hydrolysis) is 1. The fourth-order valence-electron chi connectivity index (χ4n) is 5.75. The Hall–Kier alpha value is -4.38.